The zero-order chi connectivity index (χ0) is 24.4. The molecule has 1 aliphatic heterocycles. The van der Waals surface area contributed by atoms with Crippen molar-refractivity contribution in [2.75, 3.05) is 23.7 Å². The fourth-order valence-electron chi connectivity index (χ4n) is 4.56. The molecule has 0 radical (unpaired) electrons. The van der Waals surface area contributed by atoms with Gasteiger partial charge in [-0.1, -0.05) is 30.3 Å². The number of carbonyl (C=O) groups excluding carboxylic acids is 2. The van der Waals surface area contributed by atoms with E-state index in [-0.39, 0.29) is 23.8 Å². The number of nitrogens with one attached hydrogen (secondary N) is 2. The van der Waals surface area contributed by atoms with Gasteiger partial charge >= 0.3 is 0 Å². The molecule has 3 aromatic rings. The highest BCUT2D eigenvalue weighted by atomic mass is 16.2. The summed E-state index contributed by atoms with van der Waals surface area (Å²) in [5.74, 6) is 0.120. The normalized spacial score (nSPS) is 17.8. The first-order valence-electron chi connectivity index (χ1n) is 12.3. The van der Waals surface area contributed by atoms with Gasteiger partial charge in [-0.15, -0.1) is 0 Å². The van der Waals surface area contributed by atoms with Crippen LogP contribution in [-0.4, -0.2) is 35.8 Å². The van der Waals surface area contributed by atoms with Crippen molar-refractivity contribution in [3.63, 3.8) is 0 Å². The second-order valence-electron chi connectivity index (χ2n) is 9.81. The molecule has 1 heterocycles. The smallest absolute Gasteiger partial charge is 0.255 e. The fraction of sp³-hybridized carbons (Fsp3) is 0.310. The minimum Gasteiger partial charge on any atom is -0.326 e. The lowest BCUT2D eigenvalue weighted by molar-refractivity contribution is -0.117. The van der Waals surface area contributed by atoms with Crippen molar-refractivity contribution in [3.8, 4) is 11.1 Å². The molecule has 0 spiro atoms. The van der Waals surface area contributed by atoms with E-state index < -0.39 is 0 Å². The molecule has 2 amide bonds. The number of hydrogen-bond acceptors (Lipinski definition) is 4. The molecule has 5 rings (SSSR count). The summed E-state index contributed by atoms with van der Waals surface area (Å²) in [7, 11) is 0. The van der Waals surface area contributed by atoms with Gasteiger partial charge in [0.1, 0.15) is 0 Å². The standard InChI is InChI=1S/C29H32N4O2/c1-19-2-11-26(32-29(35)23-9-10-23)16-27(19)21-5-7-22(8-6-21)28(34)31-25-12-3-20(4-13-25)17-33-15-14-24(30)18-33/h2-8,11-13,16,23-24H,9-10,14-15,17-18,30H2,1H3,(H,31,34)(H,32,35)/t24-/m0/s1. The van der Waals surface area contributed by atoms with Crippen molar-refractivity contribution in [1.82, 2.24) is 4.90 Å². The lowest BCUT2D eigenvalue weighted by atomic mass is 9.98. The minimum absolute atomic E-state index is 0.0973. The maximum absolute atomic E-state index is 12.8. The molecule has 6 heteroatoms. The van der Waals surface area contributed by atoms with Crippen LogP contribution < -0.4 is 16.4 Å². The van der Waals surface area contributed by atoms with Gasteiger partial charge in [-0.05, 0) is 84.8 Å². The summed E-state index contributed by atoms with van der Waals surface area (Å²) in [6, 6.07) is 21.8. The van der Waals surface area contributed by atoms with Gasteiger partial charge in [0, 0.05) is 48.5 Å². The highest BCUT2D eigenvalue weighted by molar-refractivity contribution is 6.04. The van der Waals surface area contributed by atoms with E-state index in [1.54, 1.807) is 0 Å². The molecular weight excluding hydrogens is 436 g/mol. The number of carbonyl (C=O) groups is 2. The van der Waals surface area contributed by atoms with E-state index in [4.69, 9.17) is 5.73 Å². The second-order valence-corrected chi connectivity index (χ2v) is 9.81. The quantitative estimate of drug-likeness (QED) is 0.465. The Kier molecular flexibility index (Phi) is 6.66. The Bertz CT molecular complexity index is 1220. The molecule has 1 atom stereocenters. The Morgan fingerprint density at radius 2 is 1.63 bits per heavy atom. The summed E-state index contributed by atoms with van der Waals surface area (Å²) in [6.45, 7) is 4.90. The first kappa shape index (κ1) is 23.3. The predicted octanol–water partition coefficient (Wildman–Crippen LogP) is 4.80. The van der Waals surface area contributed by atoms with Crippen molar-refractivity contribution in [1.29, 1.82) is 0 Å². The van der Waals surface area contributed by atoms with Gasteiger partial charge in [0.2, 0.25) is 5.91 Å². The Labute approximate surface area is 206 Å². The zero-order valence-electron chi connectivity index (χ0n) is 20.1. The van der Waals surface area contributed by atoms with Gasteiger partial charge < -0.3 is 16.4 Å². The Hall–Kier alpha value is -3.48. The van der Waals surface area contributed by atoms with E-state index in [9.17, 15) is 9.59 Å². The van der Waals surface area contributed by atoms with Crippen LogP contribution in [0.15, 0.2) is 66.7 Å². The summed E-state index contributed by atoms with van der Waals surface area (Å²) in [5, 5.41) is 6.00. The van der Waals surface area contributed by atoms with Crippen LogP contribution in [-0.2, 0) is 11.3 Å². The number of anilines is 2. The monoisotopic (exact) mass is 468 g/mol. The molecule has 0 aromatic heterocycles. The van der Waals surface area contributed by atoms with E-state index in [0.29, 0.717) is 5.56 Å². The number of aryl methyl sites for hydroxylation is 1. The Balaban J connectivity index is 1.21. The van der Waals surface area contributed by atoms with E-state index in [1.807, 2.05) is 61.5 Å². The third-order valence-corrected chi connectivity index (χ3v) is 6.84. The molecule has 4 N–H and O–H groups in total. The average Bonchev–Trinajstić information content (AvgIpc) is 3.64. The van der Waals surface area contributed by atoms with Crippen molar-refractivity contribution in [2.45, 2.75) is 38.8 Å². The van der Waals surface area contributed by atoms with E-state index in [2.05, 4.69) is 27.7 Å². The van der Waals surface area contributed by atoms with Crippen LogP contribution in [0.25, 0.3) is 11.1 Å². The van der Waals surface area contributed by atoms with Crippen LogP contribution in [0.2, 0.25) is 0 Å². The second kappa shape index (κ2) is 10.0. The summed E-state index contributed by atoms with van der Waals surface area (Å²) in [5.41, 5.74) is 12.5. The first-order valence-corrected chi connectivity index (χ1v) is 12.3. The van der Waals surface area contributed by atoms with E-state index in [0.717, 1.165) is 67.0 Å². The maximum atomic E-state index is 12.8. The highest BCUT2D eigenvalue weighted by Gasteiger charge is 2.29. The molecule has 6 nitrogen and oxygen atoms in total. The molecule has 0 unspecified atom stereocenters. The summed E-state index contributed by atoms with van der Waals surface area (Å²) in [6.07, 6.45) is 3.01. The number of nitrogens with two attached hydrogens (primary N) is 1. The molecule has 1 saturated heterocycles. The van der Waals surface area contributed by atoms with Crippen LogP contribution in [0.4, 0.5) is 11.4 Å². The largest absolute Gasteiger partial charge is 0.326 e. The summed E-state index contributed by atoms with van der Waals surface area (Å²) >= 11 is 0. The van der Waals surface area contributed by atoms with Crippen molar-refractivity contribution in [2.24, 2.45) is 11.7 Å². The lowest BCUT2D eigenvalue weighted by Crippen LogP contribution is -2.26. The van der Waals surface area contributed by atoms with Gasteiger partial charge in [0.05, 0.1) is 0 Å². The van der Waals surface area contributed by atoms with Gasteiger partial charge in [-0.3, -0.25) is 14.5 Å². The maximum Gasteiger partial charge on any atom is 0.255 e. The van der Waals surface area contributed by atoms with Crippen LogP contribution >= 0.6 is 0 Å². The highest BCUT2D eigenvalue weighted by Crippen LogP contribution is 2.32. The Morgan fingerprint density at radius 1 is 0.914 bits per heavy atom. The van der Waals surface area contributed by atoms with Gasteiger partial charge in [-0.25, -0.2) is 0 Å². The van der Waals surface area contributed by atoms with Crippen LogP contribution in [0.3, 0.4) is 0 Å². The van der Waals surface area contributed by atoms with Gasteiger partial charge in [-0.2, -0.15) is 0 Å². The fourth-order valence-corrected chi connectivity index (χ4v) is 4.56. The molecule has 2 aliphatic rings. The van der Waals surface area contributed by atoms with Crippen molar-refractivity contribution in [3.05, 3.63) is 83.4 Å². The molecule has 1 aliphatic carbocycles. The number of amides is 2. The molecule has 35 heavy (non-hydrogen) atoms. The molecular formula is C29H32N4O2. The minimum atomic E-state index is -0.142. The van der Waals surface area contributed by atoms with E-state index in [1.165, 1.54) is 5.56 Å². The number of rotatable bonds is 7. The molecule has 3 aromatic carbocycles. The molecule has 180 valence electrons. The molecule has 2 fully saturated rings. The third kappa shape index (κ3) is 5.78. The van der Waals surface area contributed by atoms with Gasteiger partial charge in [0.15, 0.2) is 0 Å². The SMILES string of the molecule is Cc1ccc(NC(=O)C2CC2)cc1-c1ccc(C(=O)Nc2ccc(CN3CC[C@H](N)C3)cc2)cc1. The number of likely N-dealkylation sites (tertiary alicyclic amines) is 1. The van der Waals surface area contributed by atoms with Crippen molar-refractivity contribution >= 4 is 23.2 Å². The summed E-state index contributed by atoms with van der Waals surface area (Å²) in [4.78, 5) is 27.3. The van der Waals surface area contributed by atoms with Gasteiger partial charge in [0.25, 0.3) is 5.91 Å². The van der Waals surface area contributed by atoms with Crippen LogP contribution in [0.5, 0.6) is 0 Å². The van der Waals surface area contributed by atoms with Crippen LogP contribution in [0, 0.1) is 12.8 Å². The lowest BCUT2D eigenvalue weighted by Gasteiger charge is -2.15. The predicted molar refractivity (Wildman–Crippen MR) is 140 cm³/mol. The number of hydrogen-bond donors (Lipinski definition) is 3. The van der Waals surface area contributed by atoms with E-state index >= 15 is 0 Å². The topological polar surface area (TPSA) is 87.5 Å². The summed E-state index contributed by atoms with van der Waals surface area (Å²) < 4.78 is 0. The Morgan fingerprint density at radius 3 is 2.29 bits per heavy atom. The number of nitrogens with zero attached hydrogens (tertiary/aromatic N) is 1. The zero-order valence-corrected chi connectivity index (χ0v) is 20.1. The van der Waals surface area contributed by atoms with Crippen molar-refractivity contribution < 1.29 is 9.59 Å². The molecule has 0 bridgehead atoms. The first-order chi connectivity index (χ1) is 16.9. The third-order valence-electron chi connectivity index (χ3n) is 6.84. The van der Waals surface area contributed by atoms with Crippen LogP contribution in [0.1, 0.15) is 40.7 Å². The average molecular weight is 469 g/mol. The number of benzene rings is 3. The molecule has 1 saturated carbocycles.